The summed E-state index contributed by atoms with van der Waals surface area (Å²) in [5.74, 6) is -2.97. The lowest BCUT2D eigenvalue weighted by molar-refractivity contribution is -0.145. The van der Waals surface area contributed by atoms with Gasteiger partial charge in [-0.2, -0.15) is 0 Å². The van der Waals surface area contributed by atoms with E-state index in [0.717, 1.165) is 37.8 Å². The van der Waals surface area contributed by atoms with E-state index in [9.17, 15) is 18.7 Å². The lowest BCUT2D eigenvalue weighted by atomic mass is 9.95. The Labute approximate surface area is 117 Å². The van der Waals surface area contributed by atoms with Gasteiger partial charge in [-0.1, -0.05) is 19.4 Å². The van der Waals surface area contributed by atoms with E-state index < -0.39 is 23.6 Å². The van der Waals surface area contributed by atoms with Gasteiger partial charge in [0.25, 0.3) is 0 Å². The zero-order chi connectivity index (χ0) is 14.7. The number of likely N-dealkylation sites (tertiary alicyclic amines) is 1. The normalized spacial score (nSPS) is 21.6. The van der Waals surface area contributed by atoms with E-state index in [1.165, 1.54) is 6.07 Å². The standard InChI is InChI=1S/C15H19F2NO2/c1-2-11-5-3-4-8-18(11)14(15(19)20)10-6-7-12(16)13(17)9-10/h6-7,9,11,14H,2-5,8H2,1H3,(H,19,20). The van der Waals surface area contributed by atoms with Crippen LogP contribution in [0.15, 0.2) is 18.2 Å². The maximum atomic E-state index is 13.4. The van der Waals surface area contributed by atoms with Crippen molar-refractivity contribution in [2.45, 2.75) is 44.7 Å². The molecule has 5 heteroatoms. The predicted octanol–water partition coefficient (Wildman–Crippen LogP) is 3.36. The minimum atomic E-state index is -1.02. The van der Waals surface area contributed by atoms with Gasteiger partial charge < -0.3 is 5.11 Å². The van der Waals surface area contributed by atoms with Crippen LogP contribution in [0.5, 0.6) is 0 Å². The van der Waals surface area contributed by atoms with E-state index >= 15 is 0 Å². The first-order valence-electron chi connectivity index (χ1n) is 6.98. The number of carboxylic acid groups (broad SMARTS) is 1. The van der Waals surface area contributed by atoms with Crippen LogP contribution in [0.1, 0.15) is 44.2 Å². The Kier molecular flexibility index (Phi) is 4.70. The maximum Gasteiger partial charge on any atom is 0.325 e. The molecule has 0 bridgehead atoms. The molecule has 20 heavy (non-hydrogen) atoms. The van der Waals surface area contributed by atoms with Gasteiger partial charge in [-0.05, 0) is 43.5 Å². The number of hydrogen-bond donors (Lipinski definition) is 1. The number of aliphatic carboxylic acids is 1. The number of benzene rings is 1. The van der Waals surface area contributed by atoms with Crippen LogP contribution in [0.4, 0.5) is 8.78 Å². The Morgan fingerprint density at radius 2 is 2.15 bits per heavy atom. The third kappa shape index (κ3) is 2.98. The molecule has 1 saturated heterocycles. The highest BCUT2D eigenvalue weighted by Gasteiger charge is 2.33. The molecule has 0 saturated carbocycles. The molecule has 0 aromatic heterocycles. The summed E-state index contributed by atoms with van der Waals surface area (Å²) in [6.45, 7) is 2.70. The van der Waals surface area contributed by atoms with Crippen molar-refractivity contribution in [2.75, 3.05) is 6.54 Å². The molecule has 1 N–H and O–H groups in total. The lowest BCUT2D eigenvalue weighted by Gasteiger charge is -2.39. The summed E-state index contributed by atoms with van der Waals surface area (Å²) in [4.78, 5) is 13.5. The van der Waals surface area contributed by atoms with Crippen molar-refractivity contribution >= 4 is 5.97 Å². The number of carbonyl (C=O) groups is 1. The monoisotopic (exact) mass is 283 g/mol. The lowest BCUT2D eigenvalue weighted by Crippen LogP contribution is -2.44. The van der Waals surface area contributed by atoms with Gasteiger partial charge in [-0.3, -0.25) is 9.69 Å². The van der Waals surface area contributed by atoms with Gasteiger partial charge in [0.2, 0.25) is 0 Å². The first-order chi connectivity index (χ1) is 9.54. The van der Waals surface area contributed by atoms with Crippen molar-refractivity contribution in [3.8, 4) is 0 Å². The Hall–Kier alpha value is -1.49. The Morgan fingerprint density at radius 1 is 1.40 bits per heavy atom. The molecule has 0 amide bonds. The van der Waals surface area contributed by atoms with Crippen molar-refractivity contribution in [3.63, 3.8) is 0 Å². The van der Waals surface area contributed by atoms with Crippen molar-refractivity contribution in [1.29, 1.82) is 0 Å². The predicted molar refractivity (Wildman–Crippen MR) is 71.4 cm³/mol. The van der Waals surface area contributed by atoms with E-state index in [1.807, 2.05) is 11.8 Å². The average molecular weight is 283 g/mol. The number of rotatable bonds is 4. The number of nitrogens with zero attached hydrogens (tertiary/aromatic N) is 1. The van der Waals surface area contributed by atoms with Crippen LogP contribution < -0.4 is 0 Å². The largest absolute Gasteiger partial charge is 0.480 e. The van der Waals surface area contributed by atoms with Gasteiger partial charge in [0.05, 0.1) is 0 Å². The summed E-state index contributed by atoms with van der Waals surface area (Å²) >= 11 is 0. The highest BCUT2D eigenvalue weighted by Crippen LogP contribution is 2.31. The molecule has 2 atom stereocenters. The number of hydrogen-bond acceptors (Lipinski definition) is 2. The van der Waals surface area contributed by atoms with Crippen LogP contribution in [0.3, 0.4) is 0 Å². The van der Waals surface area contributed by atoms with E-state index in [-0.39, 0.29) is 6.04 Å². The third-order valence-electron chi connectivity index (χ3n) is 3.97. The first kappa shape index (κ1) is 14.9. The minimum absolute atomic E-state index is 0.179. The summed E-state index contributed by atoms with van der Waals surface area (Å²) in [7, 11) is 0. The highest BCUT2D eigenvalue weighted by molar-refractivity contribution is 5.75. The van der Waals surface area contributed by atoms with Gasteiger partial charge in [0.15, 0.2) is 11.6 Å². The Morgan fingerprint density at radius 3 is 2.75 bits per heavy atom. The van der Waals surface area contributed by atoms with Gasteiger partial charge in [-0.25, -0.2) is 8.78 Å². The van der Waals surface area contributed by atoms with Crippen LogP contribution in [-0.4, -0.2) is 28.6 Å². The molecule has 1 aliphatic rings. The van der Waals surface area contributed by atoms with Gasteiger partial charge >= 0.3 is 5.97 Å². The second kappa shape index (κ2) is 6.31. The van der Waals surface area contributed by atoms with Gasteiger partial charge in [0, 0.05) is 6.04 Å². The SMILES string of the molecule is CCC1CCCCN1C(C(=O)O)c1ccc(F)c(F)c1. The summed E-state index contributed by atoms with van der Waals surface area (Å²) in [5.41, 5.74) is 0.303. The molecule has 0 radical (unpaired) electrons. The van der Waals surface area contributed by atoms with Crippen LogP contribution in [0, 0.1) is 11.6 Å². The summed E-state index contributed by atoms with van der Waals surface area (Å²) in [5, 5.41) is 9.49. The number of halogens is 2. The highest BCUT2D eigenvalue weighted by atomic mass is 19.2. The van der Waals surface area contributed by atoms with Crippen LogP contribution >= 0.6 is 0 Å². The van der Waals surface area contributed by atoms with Crippen molar-refractivity contribution in [1.82, 2.24) is 4.90 Å². The van der Waals surface area contributed by atoms with E-state index in [4.69, 9.17) is 0 Å². The molecule has 110 valence electrons. The molecule has 1 fully saturated rings. The Balaban J connectivity index is 2.34. The van der Waals surface area contributed by atoms with Gasteiger partial charge in [0.1, 0.15) is 6.04 Å². The molecule has 1 heterocycles. The zero-order valence-electron chi connectivity index (χ0n) is 11.5. The number of piperidine rings is 1. The molecular weight excluding hydrogens is 264 g/mol. The van der Waals surface area contributed by atoms with Crippen LogP contribution in [-0.2, 0) is 4.79 Å². The third-order valence-corrected chi connectivity index (χ3v) is 3.97. The molecule has 0 spiro atoms. The van der Waals surface area contributed by atoms with E-state index in [0.29, 0.717) is 12.1 Å². The summed E-state index contributed by atoms with van der Waals surface area (Å²) in [6, 6.07) is 2.62. The fourth-order valence-corrected chi connectivity index (χ4v) is 2.96. The second-order valence-corrected chi connectivity index (χ2v) is 5.21. The minimum Gasteiger partial charge on any atom is -0.480 e. The smallest absolute Gasteiger partial charge is 0.325 e. The van der Waals surface area contributed by atoms with Crippen LogP contribution in [0.25, 0.3) is 0 Å². The average Bonchev–Trinajstić information content (AvgIpc) is 2.43. The summed E-state index contributed by atoms with van der Waals surface area (Å²) in [6.07, 6.45) is 3.82. The van der Waals surface area contributed by atoms with Crippen LogP contribution in [0.2, 0.25) is 0 Å². The fraction of sp³-hybridized carbons (Fsp3) is 0.533. The molecule has 1 aromatic rings. The molecule has 2 unspecified atom stereocenters. The second-order valence-electron chi connectivity index (χ2n) is 5.21. The van der Waals surface area contributed by atoms with E-state index in [2.05, 4.69) is 0 Å². The molecule has 1 aromatic carbocycles. The van der Waals surface area contributed by atoms with E-state index in [1.54, 1.807) is 0 Å². The summed E-state index contributed by atoms with van der Waals surface area (Å²) < 4.78 is 26.4. The molecule has 2 rings (SSSR count). The quantitative estimate of drug-likeness (QED) is 0.921. The van der Waals surface area contributed by atoms with Crippen molar-refractivity contribution < 1.29 is 18.7 Å². The van der Waals surface area contributed by atoms with Gasteiger partial charge in [-0.15, -0.1) is 0 Å². The molecule has 0 aliphatic carbocycles. The molecule has 3 nitrogen and oxygen atoms in total. The molecular formula is C15H19F2NO2. The number of carboxylic acids is 1. The Bertz CT molecular complexity index is 493. The zero-order valence-corrected chi connectivity index (χ0v) is 11.5. The first-order valence-corrected chi connectivity index (χ1v) is 6.98. The van der Waals surface area contributed by atoms with Crippen molar-refractivity contribution in [3.05, 3.63) is 35.4 Å². The van der Waals surface area contributed by atoms with Crippen molar-refractivity contribution in [2.24, 2.45) is 0 Å². The fourth-order valence-electron chi connectivity index (χ4n) is 2.96. The topological polar surface area (TPSA) is 40.5 Å². The molecule has 1 aliphatic heterocycles. The maximum absolute atomic E-state index is 13.4.